The first-order chi connectivity index (χ1) is 8.10. The normalized spacial score (nSPS) is 10.8. The summed E-state index contributed by atoms with van der Waals surface area (Å²) in [5, 5.41) is 3.55. The molecule has 0 bridgehead atoms. The Bertz CT molecular complexity index is 542. The average molecular weight is 333 g/mol. The molecule has 0 N–H and O–H groups in total. The Morgan fingerprint density at radius 2 is 2.12 bits per heavy atom. The van der Waals surface area contributed by atoms with Gasteiger partial charge in [-0.25, -0.2) is 15.0 Å². The summed E-state index contributed by atoms with van der Waals surface area (Å²) >= 11 is 11.1. The largest absolute Gasteiger partial charge is 0.246 e. The van der Waals surface area contributed by atoms with Crippen molar-refractivity contribution in [3.63, 3.8) is 0 Å². The van der Waals surface area contributed by atoms with Crippen LogP contribution in [0.15, 0.2) is 9.85 Å². The summed E-state index contributed by atoms with van der Waals surface area (Å²) in [6, 6.07) is 0. The fourth-order valence-electron chi connectivity index (χ4n) is 1.48. The fraction of sp³-hybridized carbons (Fsp3) is 0.364. The van der Waals surface area contributed by atoms with Gasteiger partial charge in [-0.2, -0.15) is 0 Å². The Kier molecular flexibility index (Phi) is 4.12. The lowest BCUT2D eigenvalue weighted by Crippen LogP contribution is -2.02. The standard InChI is InChI=1S/C11H11BrClN3S/c1-3-8-10(12)11(13)16-9(15-8)4-7-5-17-6(2)14-7/h5H,3-4H2,1-2H3. The number of hydrogen-bond acceptors (Lipinski definition) is 4. The predicted octanol–water partition coefficient (Wildman–Crippen LogP) is 3.81. The molecule has 0 spiro atoms. The molecule has 90 valence electrons. The van der Waals surface area contributed by atoms with E-state index >= 15 is 0 Å². The third-order valence-corrected chi connectivity index (χ3v) is 4.42. The molecule has 0 amide bonds. The third-order valence-electron chi connectivity index (χ3n) is 2.27. The Labute approximate surface area is 117 Å². The van der Waals surface area contributed by atoms with E-state index in [4.69, 9.17) is 11.6 Å². The van der Waals surface area contributed by atoms with Gasteiger partial charge in [0.25, 0.3) is 0 Å². The van der Waals surface area contributed by atoms with Crippen molar-refractivity contribution in [2.24, 2.45) is 0 Å². The minimum atomic E-state index is 0.471. The summed E-state index contributed by atoms with van der Waals surface area (Å²) < 4.78 is 0.792. The van der Waals surface area contributed by atoms with E-state index in [1.165, 1.54) is 0 Å². The van der Waals surface area contributed by atoms with Gasteiger partial charge in [-0.1, -0.05) is 18.5 Å². The molecule has 0 aliphatic heterocycles. The van der Waals surface area contributed by atoms with Gasteiger partial charge in [-0.05, 0) is 29.3 Å². The van der Waals surface area contributed by atoms with E-state index in [-0.39, 0.29) is 0 Å². The smallest absolute Gasteiger partial charge is 0.147 e. The van der Waals surface area contributed by atoms with Crippen LogP contribution in [-0.2, 0) is 12.8 Å². The summed E-state index contributed by atoms with van der Waals surface area (Å²) in [6.45, 7) is 4.03. The van der Waals surface area contributed by atoms with Crippen LogP contribution in [0.3, 0.4) is 0 Å². The van der Waals surface area contributed by atoms with Crippen LogP contribution in [0, 0.1) is 6.92 Å². The summed E-state index contributed by atoms with van der Waals surface area (Å²) in [5.41, 5.74) is 1.93. The molecule has 17 heavy (non-hydrogen) atoms. The van der Waals surface area contributed by atoms with Crippen LogP contribution in [0.2, 0.25) is 5.15 Å². The van der Waals surface area contributed by atoms with Crippen LogP contribution >= 0.6 is 38.9 Å². The molecule has 2 rings (SSSR count). The van der Waals surface area contributed by atoms with Crippen LogP contribution in [0.1, 0.15) is 29.1 Å². The second kappa shape index (κ2) is 5.42. The lowest BCUT2D eigenvalue weighted by molar-refractivity contribution is 0.883. The Balaban J connectivity index is 2.30. The van der Waals surface area contributed by atoms with Gasteiger partial charge in [0, 0.05) is 5.38 Å². The number of halogens is 2. The van der Waals surface area contributed by atoms with Gasteiger partial charge in [-0.3, -0.25) is 0 Å². The summed E-state index contributed by atoms with van der Waals surface area (Å²) in [6.07, 6.45) is 1.45. The number of aromatic nitrogens is 3. The Morgan fingerprint density at radius 3 is 2.71 bits per heavy atom. The maximum Gasteiger partial charge on any atom is 0.147 e. The summed E-state index contributed by atoms with van der Waals surface area (Å²) in [5.74, 6) is 0.723. The third kappa shape index (κ3) is 3.03. The van der Waals surface area contributed by atoms with Crippen molar-refractivity contribution >= 4 is 38.9 Å². The first-order valence-electron chi connectivity index (χ1n) is 5.22. The van der Waals surface area contributed by atoms with Gasteiger partial charge in [0.1, 0.15) is 11.0 Å². The molecule has 0 atom stereocenters. The SMILES string of the molecule is CCc1nc(Cc2csc(C)n2)nc(Cl)c1Br. The maximum absolute atomic E-state index is 6.05. The zero-order chi connectivity index (χ0) is 12.4. The quantitative estimate of drug-likeness (QED) is 0.802. The second-order valence-corrected chi connectivity index (χ2v) is 5.79. The first-order valence-corrected chi connectivity index (χ1v) is 7.27. The second-order valence-electron chi connectivity index (χ2n) is 3.58. The van der Waals surface area contributed by atoms with Crippen LogP contribution in [0.4, 0.5) is 0 Å². The van der Waals surface area contributed by atoms with E-state index < -0.39 is 0 Å². The molecule has 0 fully saturated rings. The molecule has 0 unspecified atom stereocenters. The van der Waals surface area contributed by atoms with Gasteiger partial charge in [0.15, 0.2) is 0 Å². The van der Waals surface area contributed by atoms with Gasteiger partial charge in [-0.15, -0.1) is 11.3 Å². The van der Waals surface area contributed by atoms with E-state index in [0.29, 0.717) is 11.6 Å². The number of thiazole rings is 1. The molecule has 6 heteroatoms. The van der Waals surface area contributed by atoms with Crippen molar-refractivity contribution < 1.29 is 0 Å². The van der Waals surface area contributed by atoms with Crippen LogP contribution < -0.4 is 0 Å². The van der Waals surface area contributed by atoms with Crippen LogP contribution in [-0.4, -0.2) is 15.0 Å². The molecular weight excluding hydrogens is 322 g/mol. The van der Waals surface area contributed by atoms with Crippen molar-refractivity contribution in [3.8, 4) is 0 Å². The number of hydrogen-bond donors (Lipinski definition) is 0. The van der Waals surface area contributed by atoms with Gasteiger partial charge >= 0.3 is 0 Å². The van der Waals surface area contributed by atoms with Gasteiger partial charge in [0.2, 0.25) is 0 Å². The van der Waals surface area contributed by atoms with Crippen LogP contribution in [0.5, 0.6) is 0 Å². The first kappa shape index (κ1) is 12.9. The van der Waals surface area contributed by atoms with Gasteiger partial charge < -0.3 is 0 Å². The highest BCUT2D eigenvalue weighted by molar-refractivity contribution is 9.10. The topological polar surface area (TPSA) is 38.7 Å². The predicted molar refractivity (Wildman–Crippen MR) is 73.8 cm³/mol. The number of rotatable bonds is 3. The highest BCUT2D eigenvalue weighted by atomic mass is 79.9. The summed E-state index contributed by atoms with van der Waals surface area (Å²) in [7, 11) is 0. The van der Waals surface area contributed by atoms with Crippen molar-refractivity contribution in [2.45, 2.75) is 26.7 Å². The monoisotopic (exact) mass is 331 g/mol. The molecule has 0 aliphatic carbocycles. The Morgan fingerprint density at radius 1 is 1.35 bits per heavy atom. The molecule has 0 aliphatic rings. The lowest BCUT2D eigenvalue weighted by Gasteiger charge is -2.05. The molecule has 2 aromatic heterocycles. The molecule has 0 aromatic carbocycles. The molecule has 2 heterocycles. The summed E-state index contributed by atoms with van der Waals surface area (Å²) in [4.78, 5) is 13.1. The molecule has 2 aromatic rings. The highest BCUT2D eigenvalue weighted by Gasteiger charge is 2.10. The van der Waals surface area contributed by atoms with E-state index in [1.54, 1.807) is 11.3 Å². The fourth-order valence-corrected chi connectivity index (χ4v) is 2.75. The minimum Gasteiger partial charge on any atom is -0.246 e. The van der Waals surface area contributed by atoms with Crippen molar-refractivity contribution in [3.05, 3.63) is 37.2 Å². The molecule has 0 radical (unpaired) electrons. The number of nitrogens with zero attached hydrogens (tertiary/aromatic N) is 3. The molecule has 0 saturated carbocycles. The van der Waals surface area contributed by atoms with Crippen molar-refractivity contribution in [1.82, 2.24) is 15.0 Å². The zero-order valence-corrected chi connectivity index (χ0v) is 12.7. The Hall–Kier alpha value is -0.520. The maximum atomic E-state index is 6.05. The van der Waals surface area contributed by atoms with Crippen molar-refractivity contribution in [1.29, 1.82) is 0 Å². The molecule has 0 saturated heterocycles. The lowest BCUT2D eigenvalue weighted by atomic mass is 10.3. The number of aryl methyl sites for hydroxylation is 2. The highest BCUT2D eigenvalue weighted by Crippen LogP contribution is 2.24. The van der Waals surface area contributed by atoms with Crippen LogP contribution in [0.25, 0.3) is 0 Å². The van der Waals surface area contributed by atoms with E-state index in [9.17, 15) is 0 Å². The molecule has 3 nitrogen and oxygen atoms in total. The van der Waals surface area contributed by atoms with E-state index in [2.05, 4.69) is 30.9 Å². The molecular formula is C11H11BrClN3S. The van der Waals surface area contributed by atoms with Crippen molar-refractivity contribution in [2.75, 3.05) is 0 Å². The minimum absolute atomic E-state index is 0.471. The zero-order valence-electron chi connectivity index (χ0n) is 9.50. The van der Waals surface area contributed by atoms with E-state index in [1.807, 2.05) is 19.2 Å². The van der Waals surface area contributed by atoms with E-state index in [0.717, 1.165) is 33.1 Å². The average Bonchev–Trinajstić information content (AvgIpc) is 2.69. The van der Waals surface area contributed by atoms with Gasteiger partial charge in [0.05, 0.1) is 27.3 Å².